The van der Waals surface area contributed by atoms with Gasteiger partial charge in [-0.15, -0.1) is 6.42 Å². The number of hydrogen-bond acceptors (Lipinski definition) is 2. The highest BCUT2D eigenvalue weighted by Gasteiger charge is 1.95. The zero-order valence-corrected chi connectivity index (χ0v) is 6.45. The number of aliphatic hydroxyl groups excluding tert-OH is 1. The molecule has 0 aliphatic rings. The van der Waals surface area contributed by atoms with Crippen molar-refractivity contribution in [3.05, 3.63) is 0 Å². The first-order chi connectivity index (χ1) is 4.31. The third-order valence-electron chi connectivity index (χ3n) is 0.932. The highest BCUT2D eigenvalue weighted by molar-refractivity contribution is 7.99. The molecule has 0 rings (SSSR count). The van der Waals surface area contributed by atoms with E-state index in [9.17, 15) is 0 Å². The first-order valence-electron chi connectivity index (χ1n) is 3.03. The van der Waals surface area contributed by atoms with Crippen molar-refractivity contribution < 1.29 is 5.11 Å². The van der Waals surface area contributed by atoms with Crippen molar-refractivity contribution in [2.45, 2.75) is 19.4 Å². The van der Waals surface area contributed by atoms with Crippen LogP contribution in [-0.2, 0) is 0 Å². The number of aliphatic hydroxyl groups is 1. The first-order valence-corrected chi connectivity index (χ1v) is 4.18. The maximum Gasteiger partial charge on any atom is 0.115 e. The second-order valence-electron chi connectivity index (χ2n) is 1.67. The van der Waals surface area contributed by atoms with Gasteiger partial charge in [0, 0.05) is 0 Å². The molecule has 1 atom stereocenters. The molecule has 0 saturated heterocycles. The Balaban J connectivity index is 2.99. The molecule has 0 heterocycles. The van der Waals surface area contributed by atoms with Crippen LogP contribution < -0.4 is 0 Å². The van der Waals surface area contributed by atoms with Crippen LogP contribution in [-0.4, -0.2) is 22.7 Å². The SMILES string of the molecule is C#CC(O)CCSCC. The molecule has 0 aromatic rings. The Labute approximate surface area is 60.8 Å². The zero-order valence-electron chi connectivity index (χ0n) is 5.63. The van der Waals surface area contributed by atoms with Crippen LogP contribution in [0.3, 0.4) is 0 Å². The Morgan fingerprint density at radius 3 is 2.89 bits per heavy atom. The van der Waals surface area contributed by atoms with E-state index in [1.54, 1.807) is 11.8 Å². The van der Waals surface area contributed by atoms with Crippen LogP contribution >= 0.6 is 11.8 Å². The summed E-state index contributed by atoms with van der Waals surface area (Å²) < 4.78 is 0. The smallest absolute Gasteiger partial charge is 0.115 e. The van der Waals surface area contributed by atoms with Crippen LogP contribution in [0.4, 0.5) is 0 Å². The first kappa shape index (κ1) is 8.87. The van der Waals surface area contributed by atoms with Gasteiger partial charge in [0.25, 0.3) is 0 Å². The van der Waals surface area contributed by atoms with Crippen LogP contribution in [0.15, 0.2) is 0 Å². The Morgan fingerprint density at radius 2 is 2.44 bits per heavy atom. The molecular weight excluding hydrogens is 132 g/mol. The van der Waals surface area contributed by atoms with Gasteiger partial charge in [-0.25, -0.2) is 0 Å². The lowest BCUT2D eigenvalue weighted by Crippen LogP contribution is -2.03. The monoisotopic (exact) mass is 144 g/mol. The normalized spacial score (nSPS) is 12.6. The fourth-order valence-electron chi connectivity index (χ4n) is 0.423. The lowest BCUT2D eigenvalue weighted by Gasteiger charge is -1.99. The number of rotatable bonds is 4. The van der Waals surface area contributed by atoms with Gasteiger partial charge < -0.3 is 5.11 Å². The summed E-state index contributed by atoms with van der Waals surface area (Å²) in [6.07, 6.45) is 5.12. The van der Waals surface area contributed by atoms with Gasteiger partial charge >= 0.3 is 0 Å². The van der Waals surface area contributed by atoms with Crippen molar-refractivity contribution in [1.82, 2.24) is 0 Å². The predicted octanol–water partition coefficient (Wildman–Crippen LogP) is 1.12. The standard InChI is InChI=1S/C7H12OS/c1-3-7(8)5-6-9-4-2/h1,7-8H,4-6H2,2H3. The van der Waals surface area contributed by atoms with E-state index < -0.39 is 6.10 Å². The lowest BCUT2D eigenvalue weighted by molar-refractivity contribution is 0.230. The maximum absolute atomic E-state index is 8.84. The average Bonchev–Trinajstić information content (AvgIpc) is 1.89. The Kier molecular flexibility index (Phi) is 5.91. The molecule has 0 saturated carbocycles. The second-order valence-corrected chi connectivity index (χ2v) is 3.06. The molecule has 0 aliphatic carbocycles. The van der Waals surface area contributed by atoms with Crippen LogP contribution in [0.25, 0.3) is 0 Å². The van der Waals surface area contributed by atoms with E-state index in [4.69, 9.17) is 11.5 Å². The molecule has 0 aromatic carbocycles. The van der Waals surface area contributed by atoms with E-state index in [1.807, 2.05) is 0 Å². The van der Waals surface area contributed by atoms with Gasteiger partial charge in [0.2, 0.25) is 0 Å². The molecule has 0 aromatic heterocycles. The molecular formula is C7H12OS. The molecule has 0 radical (unpaired) electrons. The largest absolute Gasteiger partial charge is 0.380 e. The minimum absolute atomic E-state index is 0.538. The molecule has 2 heteroatoms. The van der Waals surface area contributed by atoms with E-state index in [-0.39, 0.29) is 0 Å². The van der Waals surface area contributed by atoms with Crippen molar-refractivity contribution in [2.24, 2.45) is 0 Å². The van der Waals surface area contributed by atoms with Crippen LogP contribution in [0.1, 0.15) is 13.3 Å². The predicted molar refractivity (Wildman–Crippen MR) is 42.5 cm³/mol. The van der Waals surface area contributed by atoms with E-state index >= 15 is 0 Å². The Hall–Kier alpha value is -0.130. The van der Waals surface area contributed by atoms with Crippen molar-refractivity contribution in [3.63, 3.8) is 0 Å². The van der Waals surface area contributed by atoms with Gasteiger partial charge in [-0.3, -0.25) is 0 Å². The molecule has 0 aliphatic heterocycles. The third-order valence-corrected chi connectivity index (χ3v) is 1.86. The molecule has 0 fully saturated rings. The van der Waals surface area contributed by atoms with Gasteiger partial charge in [-0.2, -0.15) is 11.8 Å². The minimum atomic E-state index is -0.538. The summed E-state index contributed by atoms with van der Waals surface area (Å²) in [6, 6.07) is 0. The third kappa shape index (κ3) is 5.75. The summed E-state index contributed by atoms with van der Waals surface area (Å²) >= 11 is 1.80. The number of thioether (sulfide) groups is 1. The van der Waals surface area contributed by atoms with Gasteiger partial charge in [0.1, 0.15) is 6.10 Å². The van der Waals surface area contributed by atoms with Crippen molar-refractivity contribution in [2.75, 3.05) is 11.5 Å². The second kappa shape index (κ2) is 6.00. The van der Waals surface area contributed by atoms with E-state index in [1.165, 1.54) is 0 Å². The fourth-order valence-corrected chi connectivity index (χ4v) is 1.10. The molecule has 1 nitrogen and oxygen atoms in total. The van der Waals surface area contributed by atoms with Crippen LogP contribution in [0.5, 0.6) is 0 Å². The Morgan fingerprint density at radius 1 is 1.78 bits per heavy atom. The van der Waals surface area contributed by atoms with E-state index in [0.717, 1.165) is 17.9 Å². The topological polar surface area (TPSA) is 20.2 Å². The van der Waals surface area contributed by atoms with Gasteiger partial charge in [0.15, 0.2) is 0 Å². The molecule has 1 N–H and O–H groups in total. The molecule has 0 spiro atoms. The van der Waals surface area contributed by atoms with Gasteiger partial charge in [-0.05, 0) is 17.9 Å². The quantitative estimate of drug-likeness (QED) is 0.471. The van der Waals surface area contributed by atoms with E-state index in [2.05, 4.69) is 12.8 Å². The number of hydrogen-bond donors (Lipinski definition) is 1. The summed E-state index contributed by atoms with van der Waals surface area (Å²) in [6.45, 7) is 2.09. The summed E-state index contributed by atoms with van der Waals surface area (Å²) in [5.74, 6) is 4.32. The van der Waals surface area contributed by atoms with Crippen molar-refractivity contribution in [3.8, 4) is 12.3 Å². The zero-order chi connectivity index (χ0) is 7.11. The fraction of sp³-hybridized carbons (Fsp3) is 0.714. The molecule has 0 amide bonds. The molecule has 0 bridgehead atoms. The lowest BCUT2D eigenvalue weighted by atomic mass is 10.3. The summed E-state index contributed by atoms with van der Waals surface area (Å²) in [5, 5.41) is 8.84. The highest BCUT2D eigenvalue weighted by atomic mass is 32.2. The van der Waals surface area contributed by atoms with Crippen LogP contribution in [0.2, 0.25) is 0 Å². The van der Waals surface area contributed by atoms with Crippen LogP contribution in [0, 0.1) is 12.3 Å². The minimum Gasteiger partial charge on any atom is -0.380 e. The van der Waals surface area contributed by atoms with Crippen molar-refractivity contribution in [1.29, 1.82) is 0 Å². The summed E-state index contributed by atoms with van der Waals surface area (Å²) in [7, 11) is 0. The van der Waals surface area contributed by atoms with Gasteiger partial charge in [-0.1, -0.05) is 12.8 Å². The van der Waals surface area contributed by atoms with Gasteiger partial charge in [0.05, 0.1) is 0 Å². The molecule has 9 heavy (non-hydrogen) atoms. The number of terminal acetylenes is 1. The maximum atomic E-state index is 8.84. The molecule has 1 unspecified atom stereocenters. The Bertz CT molecular complexity index is 95.6. The van der Waals surface area contributed by atoms with Crippen molar-refractivity contribution >= 4 is 11.8 Å². The molecule has 52 valence electrons. The average molecular weight is 144 g/mol. The van der Waals surface area contributed by atoms with E-state index in [0.29, 0.717) is 0 Å². The highest BCUT2D eigenvalue weighted by Crippen LogP contribution is 2.02. The summed E-state index contributed by atoms with van der Waals surface area (Å²) in [5.41, 5.74) is 0. The summed E-state index contributed by atoms with van der Waals surface area (Å²) in [4.78, 5) is 0.